The van der Waals surface area contributed by atoms with Gasteiger partial charge in [-0.2, -0.15) is 0 Å². The Morgan fingerprint density at radius 2 is 1.89 bits per heavy atom. The van der Waals surface area contributed by atoms with E-state index < -0.39 is 6.04 Å². The largest absolute Gasteiger partial charge is 0.497 e. The summed E-state index contributed by atoms with van der Waals surface area (Å²) in [6, 6.07) is 14.2. The van der Waals surface area contributed by atoms with E-state index in [1.807, 2.05) is 37.2 Å². The molecule has 2 aromatic rings. The third-order valence-corrected chi connectivity index (χ3v) is 4.78. The fourth-order valence-corrected chi connectivity index (χ4v) is 3.27. The second-order valence-electron chi connectivity index (χ2n) is 6.82. The number of carbonyl (C=O) groups excluding carboxylic acids is 2. The van der Waals surface area contributed by atoms with Crippen LogP contribution in [0.1, 0.15) is 23.2 Å². The van der Waals surface area contributed by atoms with Crippen molar-refractivity contribution in [3.8, 4) is 5.75 Å². The molecule has 6 nitrogen and oxygen atoms in total. The molecule has 0 radical (unpaired) electrons. The van der Waals surface area contributed by atoms with Gasteiger partial charge in [0.1, 0.15) is 11.8 Å². The van der Waals surface area contributed by atoms with E-state index in [9.17, 15) is 9.59 Å². The summed E-state index contributed by atoms with van der Waals surface area (Å²) >= 11 is 0. The number of hydrogen-bond donors (Lipinski definition) is 1. The van der Waals surface area contributed by atoms with Crippen LogP contribution < -0.4 is 15.0 Å². The average Bonchev–Trinajstić information content (AvgIpc) is 3.18. The lowest BCUT2D eigenvalue weighted by Crippen LogP contribution is -2.43. The van der Waals surface area contributed by atoms with Crippen LogP contribution in [0.2, 0.25) is 0 Å². The molecule has 2 aromatic carbocycles. The van der Waals surface area contributed by atoms with Gasteiger partial charge in [-0.05, 0) is 55.3 Å². The summed E-state index contributed by atoms with van der Waals surface area (Å²) in [6.07, 6.45) is 1.49. The molecule has 0 aliphatic carbocycles. The highest BCUT2D eigenvalue weighted by Crippen LogP contribution is 2.24. The third kappa shape index (κ3) is 4.22. The first kappa shape index (κ1) is 18.8. The van der Waals surface area contributed by atoms with Crippen molar-refractivity contribution in [3.63, 3.8) is 0 Å². The van der Waals surface area contributed by atoms with Gasteiger partial charge >= 0.3 is 0 Å². The van der Waals surface area contributed by atoms with E-state index in [1.54, 1.807) is 42.3 Å². The molecular weight excluding hydrogens is 342 g/mol. The molecular formula is C21H25N3O3. The Balaban J connectivity index is 1.73. The van der Waals surface area contributed by atoms with Crippen molar-refractivity contribution >= 4 is 23.2 Å². The first-order chi connectivity index (χ1) is 13.0. The number of nitrogens with one attached hydrogen (secondary N) is 1. The van der Waals surface area contributed by atoms with Crippen LogP contribution in [0.5, 0.6) is 5.75 Å². The molecule has 142 valence electrons. The Bertz CT molecular complexity index is 818. The van der Waals surface area contributed by atoms with E-state index in [2.05, 4.69) is 5.32 Å². The molecule has 0 unspecified atom stereocenters. The lowest BCUT2D eigenvalue weighted by Gasteiger charge is -2.24. The van der Waals surface area contributed by atoms with E-state index in [0.29, 0.717) is 24.2 Å². The SMILES string of the molecule is COc1ccc(NC(=O)[C@H]2CCCN2C(=O)c2cccc(N(C)C)c2)cc1. The topological polar surface area (TPSA) is 61.9 Å². The molecule has 1 aliphatic rings. The zero-order valence-electron chi connectivity index (χ0n) is 15.9. The Kier molecular flexibility index (Phi) is 5.64. The van der Waals surface area contributed by atoms with Gasteiger partial charge in [0.05, 0.1) is 7.11 Å². The summed E-state index contributed by atoms with van der Waals surface area (Å²) in [7, 11) is 5.47. The lowest BCUT2D eigenvalue weighted by molar-refractivity contribution is -0.119. The van der Waals surface area contributed by atoms with Crippen molar-refractivity contribution in [3.05, 3.63) is 54.1 Å². The normalized spacial score (nSPS) is 16.1. The molecule has 0 aromatic heterocycles. The molecule has 1 fully saturated rings. The summed E-state index contributed by atoms with van der Waals surface area (Å²) in [5.41, 5.74) is 2.25. The highest BCUT2D eigenvalue weighted by Gasteiger charge is 2.34. The van der Waals surface area contributed by atoms with Gasteiger partial charge in [0.2, 0.25) is 5.91 Å². The number of amides is 2. The summed E-state index contributed by atoms with van der Waals surface area (Å²) < 4.78 is 5.13. The fourth-order valence-electron chi connectivity index (χ4n) is 3.27. The molecule has 2 amide bonds. The second-order valence-corrected chi connectivity index (χ2v) is 6.82. The van der Waals surface area contributed by atoms with Crippen LogP contribution in [-0.2, 0) is 4.79 Å². The molecule has 6 heteroatoms. The van der Waals surface area contributed by atoms with Crippen molar-refractivity contribution in [2.24, 2.45) is 0 Å². The minimum Gasteiger partial charge on any atom is -0.497 e. The van der Waals surface area contributed by atoms with Gasteiger partial charge in [0.25, 0.3) is 5.91 Å². The quantitative estimate of drug-likeness (QED) is 0.882. The smallest absolute Gasteiger partial charge is 0.254 e. The summed E-state index contributed by atoms with van der Waals surface area (Å²) in [5.74, 6) is 0.465. The van der Waals surface area contributed by atoms with Crippen LogP contribution in [0.15, 0.2) is 48.5 Å². The number of anilines is 2. The molecule has 1 atom stereocenters. The van der Waals surface area contributed by atoms with Crippen molar-refractivity contribution in [1.82, 2.24) is 4.90 Å². The Hall–Kier alpha value is -3.02. The lowest BCUT2D eigenvalue weighted by atomic mass is 10.1. The molecule has 1 heterocycles. The highest BCUT2D eigenvalue weighted by atomic mass is 16.5. The molecule has 3 rings (SSSR count). The van der Waals surface area contributed by atoms with Gasteiger partial charge in [-0.3, -0.25) is 9.59 Å². The molecule has 1 aliphatic heterocycles. The van der Waals surface area contributed by atoms with Crippen LogP contribution >= 0.6 is 0 Å². The van der Waals surface area contributed by atoms with Crippen molar-refractivity contribution < 1.29 is 14.3 Å². The number of rotatable bonds is 5. The molecule has 0 spiro atoms. The zero-order valence-corrected chi connectivity index (χ0v) is 15.9. The van der Waals surface area contributed by atoms with E-state index in [1.165, 1.54) is 0 Å². The van der Waals surface area contributed by atoms with Gasteiger partial charge in [-0.15, -0.1) is 0 Å². The van der Waals surface area contributed by atoms with Crippen molar-refractivity contribution in [1.29, 1.82) is 0 Å². The zero-order chi connectivity index (χ0) is 19.4. The van der Waals surface area contributed by atoms with Gasteiger partial charge < -0.3 is 19.9 Å². The standard InChI is InChI=1S/C21H25N3O3/c1-23(2)17-7-4-6-15(14-17)21(26)24-13-5-8-19(24)20(25)22-16-9-11-18(27-3)12-10-16/h4,6-7,9-12,14,19H,5,8,13H2,1-3H3,(H,22,25)/t19-/m1/s1. The number of hydrogen-bond acceptors (Lipinski definition) is 4. The highest BCUT2D eigenvalue weighted by molar-refractivity contribution is 6.02. The van der Waals surface area contributed by atoms with Crippen LogP contribution in [0.4, 0.5) is 11.4 Å². The van der Waals surface area contributed by atoms with Crippen molar-refractivity contribution in [2.75, 3.05) is 38.0 Å². The summed E-state index contributed by atoms with van der Waals surface area (Å²) in [6.45, 7) is 0.589. The number of ether oxygens (including phenoxy) is 1. The minimum atomic E-state index is -0.456. The predicted molar refractivity (Wildman–Crippen MR) is 106 cm³/mol. The number of methoxy groups -OCH3 is 1. The van der Waals surface area contributed by atoms with Gasteiger partial charge in [0, 0.05) is 37.6 Å². The monoisotopic (exact) mass is 367 g/mol. The number of benzene rings is 2. The maximum absolute atomic E-state index is 13.0. The molecule has 0 bridgehead atoms. The van der Waals surface area contributed by atoms with Gasteiger partial charge in [-0.1, -0.05) is 6.07 Å². The van der Waals surface area contributed by atoms with E-state index >= 15 is 0 Å². The predicted octanol–water partition coefficient (Wildman–Crippen LogP) is 3.00. The first-order valence-corrected chi connectivity index (χ1v) is 9.03. The van der Waals surface area contributed by atoms with Crippen LogP contribution in [0, 0.1) is 0 Å². The number of carbonyl (C=O) groups is 2. The number of likely N-dealkylation sites (tertiary alicyclic amines) is 1. The number of nitrogens with zero attached hydrogens (tertiary/aromatic N) is 2. The van der Waals surface area contributed by atoms with Crippen LogP contribution in [-0.4, -0.2) is 50.5 Å². The molecule has 27 heavy (non-hydrogen) atoms. The van der Waals surface area contributed by atoms with Crippen molar-refractivity contribution in [2.45, 2.75) is 18.9 Å². The van der Waals surface area contributed by atoms with E-state index in [-0.39, 0.29) is 11.8 Å². The molecule has 1 N–H and O–H groups in total. The Morgan fingerprint density at radius 3 is 2.56 bits per heavy atom. The Morgan fingerprint density at radius 1 is 1.15 bits per heavy atom. The second kappa shape index (κ2) is 8.12. The van der Waals surface area contributed by atoms with Crippen LogP contribution in [0.3, 0.4) is 0 Å². The maximum atomic E-state index is 13.0. The summed E-state index contributed by atoms with van der Waals surface area (Å²) in [4.78, 5) is 29.4. The van der Waals surface area contributed by atoms with E-state index in [0.717, 1.165) is 17.9 Å². The van der Waals surface area contributed by atoms with Gasteiger partial charge in [0.15, 0.2) is 0 Å². The Labute approximate surface area is 159 Å². The van der Waals surface area contributed by atoms with Crippen LogP contribution in [0.25, 0.3) is 0 Å². The van der Waals surface area contributed by atoms with Gasteiger partial charge in [-0.25, -0.2) is 0 Å². The molecule has 1 saturated heterocycles. The molecule has 0 saturated carbocycles. The summed E-state index contributed by atoms with van der Waals surface area (Å²) in [5, 5.41) is 2.90. The fraction of sp³-hybridized carbons (Fsp3) is 0.333. The third-order valence-electron chi connectivity index (χ3n) is 4.78. The first-order valence-electron chi connectivity index (χ1n) is 9.03. The average molecular weight is 367 g/mol. The minimum absolute atomic E-state index is 0.105. The van der Waals surface area contributed by atoms with E-state index in [4.69, 9.17) is 4.74 Å². The maximum Gasteiger partial charge on any atom is 0.254 e.